The molecular formula is C19H21NO2. The van der Waals surface area contributed by atoms with Crippen LogP contribution in [0.4, 0.5) is 4.79 Å². The zero-order valence-corrected chi connectivity index (χ0v) is 12.9. The fourth-order valence-electron chi connectivity index (χ4n) is 2.08. The van der Waals surface area contributed by atoms with Crippen molar-refractivity contribution < 1.29 is 9.53 Å². The van der Waals surface area contributed by atoms with E-state index in [9.17, 15) is 4.79 Å². The Kier molecular flexibility index (Phi) is 5.78. The molecule has 0 aromatic heterocycles. The van der Waals surface area contributed by atoms with Gasteiger partial charge in [0.25, 0.3) is 0 Å². The Morgan fingerprint density at radius 1 is 1.09 bits per heavy atom. The molecular weight excluding hydrogens is 274 g/mol. The zero-order valence-electron chi connectivity index (χ0n) is 12.9. The maximum absolute atomic E-state index is 12.2. The van der Waals surface area contributed by atoms with Crippen LogP contribution in [0, 0.1) is 6.92 Å². The molecule has 0 unspecified atom stereocenters. The van der Waals surface area contributed by atoms with Crippen LogP contribution in [0.2, 0.25) is 0 Å². The van der Waals surface area contributed by atoms with E-state index in [4.69, 9.17) is 4.74 Å². The monoisotopic (exact) mass is 295 g/mol. The predicted molar refractivity (Wildman–Crippen MR) is 88.4 cm³/mol. The highest BCUT2D eigenvalue weighted by molar-refractivity contribution is 5.67. The Balaban J connectivity index is 1.95. The fraction of sp³-hybridized carbons (Fsp3) is 0.211. The van der Waals surface area contributed by atoms with Crippen molar-refractivity contribution in [2.75, 3.05) is 6.54 Å². The molecule has 0 spiro atoms. The Hall–Kier alpha value is -2.55. The maximum atomic E-state index is 12.2. The average molecular weight is 295 g/mol. The number of nitrogens with zero attached hydrogens (tertiary/aromatic N) is 1. The molecule has 0 aliphatic carbocycles. The Labute approximate surface area is 131 Å². The van der Waals surface area contributed by atoms with Crippen LogP contribution in [0.15, 0.2) is 67.3 Å². The lowest BCUT2D eigenvalue weighted by atomic mass is 10.1. The highest BCUT2D eigenvalue weighted by Gasteiger charge is 2.14. The van der Waals surface area contributed by atoms with Gasteiger partial charge in [-0.1, -0.05) is 66.2 Å². The molecule has 0 bridgehead atoms. The van der Waals surface area contributed by atoms with E-state index in [-0.39, 0.29) is 12.7 Å². The van der Waals surface area contributed by atoms with Gasteiger partial charge in [0.1, 0.15) is 6.61 Å². The molecule has 0 atom stereocenters. The topological polar surface area (TPSA) is 29.5 Å². The van der Waals surface area contributed by atoms with Crippen LogP contribution in [0.1, 0.15) is 16.7 Å². The molecule has 0 aliphatic rings. The normalized spacial score (nSPS) is 10.0. The van der Waals surface area contributed by atoms with E-state index in [1.54, 1.807) is 11.0 Å². The van der Waals surface area contributed by atoms with Crippen LogP contribution < -0.4 is 0 Å². The van der Waals surface area contributed by atoms with E-state index in [2.05, 4.69) is 6.58 Å². The Bertz CT molecular complexity index is 605. The van der Waals surface area contributed by atoms with Gasteiger partial charge in [-0.2, -0.15) is 0 Å². The van der Waals surface area contributed by atoms with E-state index >= 15 is 0 Å². The van der Waals surface area contributed by atoms with E-state index in [1.165, 1.54) is 5.56 Å². The summed E-state index contributed by atoms with van der Waals surface area (Å²) in [6.45, 7) is 7.00. The van der Waals surface area contributed by atoms with Gasteiger partial charge in [-0.25, -0.2) is 4.79 Å². The minimum Gasteiger partial charge on any atom is -0.445 e. The van der Waals surface area contributed by atoms with Gasteiger partial charge in [0, 0.05) is 13.1 Å². The lowest BCUT2D eigenvalue weighted by molar-refractivity contribution is 0.0978. The molecule has 22 heavy (non-hydrogen) atoms. The highest BCUT2D eigenvalue weighted by atomic mass is 16.6. The lowest BCUT2D eigenvalue weighted by Crippen LogP contribution is -2.31. The summed E-state index contributed by atoms with van der Waals surface area (Å²) in [6.07, 6.45) is 1.38. The molecule has 0 N–H and O–H groups in total. The van der Waals surface area contributed by atoms with Gasteiger partial charge in [-0.15, -0.1) is 6.58 Å². The summed E-state index contributed by atoms with van der Waals surface area (Å²) in [7, 11) is 0. The van der Waals surface area contributed by atoms with Crippen LogP contribution >= 0.6 is 0 Å². The SMILES string of the molecule is C=CCN(Cc1ccc(C)cc1)C(=O)OCc1ccccc1. The van der Waals surface area contributed by atoms with Crippen LogP contribution in [0.5, 0.6) is 0 Å². The summed E-state index contributed by atoms with van der Waals surface area (Å²) in [5, 5.41) is 0. The summed E-state index contributed by atoms with van der Waals surface area (Å²) in [6, 6.07) is 17.8. The average Bonchev–Trinajstić information content (AvgIpc) is 2.55. The second kappa shape index (κ2) is 8.03. The number of aryl methyl sites for hydroxylation is 1. The summed E-state index contributed by atoms with van der Waals surface area (Å²) < 4.78 is 5.38. The first-order valence-electron chi connectivity index (χ1n) is 7.31. The van der Waals surface area contributed by atoms with Crippen molar-refractivity contribution in [3.63, 3.8) is 0 Å². The minimum atomic E-state index is -0.329. The maximum Gasteiger partial charge on any atom is 0.410 e. The van der Waals surface area contributed by atoms with Crippen molar-refractivity contribution >= 4 is 6.09 Å². The number of amides is 1. The lowest BCUT2D eigenvalue weighted by Gasteiger charge is -2.21. The third-order valence-electron chi connectivity index (χ3n) is 3.31. The van der Waals surface area contributed by atoms with Crippen LogP contribution in [-0.2, 0) is 17.9 Å². The van der Waals surface area contributed by atoms with Gasteiger partial charge in [0.05, 0.1) is 0 Å². The van der Waals surface area contributed by atoms with Crippen LogP contribution in [0.3, 0.4) is 0 Å². The molecule has 2 rings (SSSR count). The molecule has 2 aromatic rings. The summed E-state index contributed by atoms with van der Waals surface area (Å²) in [5.41, 5.74) is 3.25. The smallest absolute Gasteiger partial charge is 0.410 e. The first-order chi connectivity index (χ1) is 10.7. The first-order valence-corrected chi connectivity index (χ1v) is 7.31. The van der Waals surface area contributed by atoms with E-state index < -0.39 is 0 Å². The molecule has 1 amide bonds. The number of hydrogen-bond acceptors (Lipinski definition) is 2. The minimum absolute atomic E-state index is 0.279. The van der Waals surface area contributed by atoms with Crippen LogP contribution in [0.25, 0.3) is 0 Å². The molecule has 0 aliphatic heterocycles. The van der Waals surface area contributed by atoms with E-state index in [1.807, 2.05) is 61.5 Å². The number of carbonyl (C=O) groups excluding carboxylic acids is 1. The summed E-state index contributed by atoms with van der Waals surface area (Å²) in [4.78, 5) is 13.9. The van der Waals surface area contributed by atoms with Gasteiger partial charge in [0.15, 0.2) is 0 Å². The number of benzene rings is 2. The first kappa shape index (κ1) is 15.8. The zero-order chi connectivity index (χ0) is 15.8. The second-order valence-electron chi connectivity index (χ2n) is 5.19. The number of ether oxygens (including phenoxy) is 1. The molecule has 114 valence electrons. The van der Waals surface area contributed by atoms with Gasteiger partial charge in [-0.05, 0) is 18.1 Å². The molecule has 0 radical (unpaired) electrons. The molecule has 0 saturated heterocycles. The van der Waals surface area contributed by atoms with Gasteiger partial charge in [0.2, 0.25) is 0 Å². The summed E-state index contributed by atoms with van der Waals surface area (Å²) in [5.74, 6) is 0. The Morgan fingerprint density at radius 3 is 2.41 bits per heavy atom. The quantitative estimate of drug-likeness (QED) is 0.743. The van der Waals surface area contributed by atoms with Gasteiger partial charge >= 0.3 is 6.09 Å². The van der Waals surface area contributed by atoms with Gasteiger partial charge < -0.3 is 9.64 Å². The highest BCUT2D eigenvalue weighted by Crippen LogP contribution is 2.10. The van der Waals surface area contributed by atoms with Crippen molar-refractivity contribution in [2.45, 2.75) is 20.1 Å². The molecule has 3 heteroatoms. The van der Waals surface area contributed by atoms with Gasteiger partial charge in [-0.3, -0.25) is 0 Å². The molecule has 2 aromatic carbocycles. The van der Waals surface area contributed by atoms with Crippen molar-refractivity contribution in [1.29, 1.82) is 0 Å². The second-order valence-corrected chi connectivity index (χ2v) is 5.19. The predicted octanol–water partition coefficient (Wildman–Crippen LogP) is 4.32. The Morgan fingerprint density at radius 2 is 1.77 bits per heavy atom. The third-order valence-corrected chi connectivity index (χ3v) is 3.31. The molecule has 0 fully saturated rings. The van der Waals surface area contributed by atoms with Crippen molar-refractivity contribution in [2.24, 2.45) is 0 Å². The number of rotatable bonds is 6. The van der Waals surface area contributed by atoms with Crippen molar-refractivity contribution in [3.8, 4) is 0 Å². The third kappa shape index (κ3) is 4.77. The number of hydrogen-bond donors (Lipinski definition) is 0. The largest absolute Gasteiger partial charge is 0.445 e. The van der Waals surface area contributed by atoms with Crippen LogP contribution in [-0.4, -0.2) is 17.5 Å². The molecule has 0 heterocycles. The standard InChI is InChI=1S/C19H21NO2/c1-3-13-20(14-17-11-9-16(2)10-12-17)19(21)22-15-18-7-5-4-6-8-18/h3-12H,1,13-15H2,2H3. The molecule has 0 saturated carbocycles. The van der Waals surface area contributed by atoms with Crippen molar-refractivity contribution in [1.82, 2.24) is 4.90 Å². The molecule has 3 nitrogen and oxygen atoms in total. The fourth-order valence-corrected chi connectivity index (χ4v) is 2.08. The number of carbonyl (C=O) groups is 1. The summed E-state index contributed by atoms with van der Waals surface area (Å²) >= 11 is 0. The van der Waals surface area contributed by atoms with Crippen molar-refractivity contribution in [3.05, 3.63) is 83.9 Å². The van der Waals surface area contributed by atoms with E-state index in [0.717, 1.165) is 11.1 Å². The van der Waals surface area contributed by atoms with E-state index in [0.29, 0.717) is 13.1 Å².